The number of nitrogens with two attached hydrogens (primary N) is 1. The van der Waals surface area contributed by atoms with Gasteiger partial charge in [0.1, 0.15) is 11.9 Å². The number of alkyl halides is 3. The topological polar surface area (TPSA) is 103 Å². The third-order valence-corrected chi connectivity index (χ3v) is 3.70. The van der Waals surface area contributed by atoms with Gasteiger partial charge in [0.15, 0.2) is 0 Å². The molecule has 0 amide bonds. The van der Waals surface area contributed by atoms with Crippen LogP contribution < -0.4 is 10.6 Å². The van der Waals surface area contributed by atoms with E-state index in [1.165, 1.54) is 0 Å². The molecule has 118 valence electrons. The standard InChI is InChI=1S/C11H12N4.C2HF3O2/c12-3-7-1-2-10(14-4-7)15-5-8-9(6-15)11(8)13;3-2(4,5)1(6)7/h1-2,4,8-9,11H,5-6,13H2;(H,6,7)/t8-,9+,11-;. The zero-order valence-corrected chi connectivity index (χ0v) is 11.3. The van der Waals surface area contributed by atoms with Crippen LogP contribution in [-0.4, -0.2) is 41.4 Å². The second-order valence-electron chi connectivity index (χ2n) is 5.13. The Morgan fingerprint density at radius 2 is 1.95 bits per heavy atom. The maximum Gasteiger partial charge on any atom is 0.490 e. The number of carbonyl (C=O) groups is 1. The highest BCUT2D eigenvalue weighted by atomic mass is 19.4. The molecule has 1 saturated heterocycles. The molecular formula is C13H13F3N4O2. The summed E-state index contributed by atoms with van der Waals surface area (Å²) in [5.41, 5.74) is 6.48. The quantitative estimate of drug-likeness (QED) is 0.801. The van der Waals surface area contributed by atoms with Gasteiger partial charge >= 0.3 is 12.1 Å². The van der Waals surface area contributed by atoms with Crippen LogP contribution in [0.15, 0.2) is 18.3 Å². The van der Waals surface area contributed by atoms with Crippen molar-refractivity contribution >= 4 is 11.8 Å². The van der Waals surface area contributed by atoms with Crippen molar-refractivity contribution in [3.8, 4) is 6.07 Å². The number of aliphatic carboxylic acids is 1. The molecule has 0 aromatic carbocycles. The number of aromatic nitrogens is 1. The van der Waals surface area contributed by atoms with E-state index in [9.17, 15) is 13.2 Å². The van der Waals surface area contributed by atoms with Gasteiger partial charge in [0.25, 0.3) is 0 Å². The van der Waals surface area contributed by atoms with Crippen LogP contribution in [0.4, 0.5) is 19.0 Å². The molecule has 3 rings (SSSR count). The smallest absolute Gasteiger partial charge is 0.475 e. The van der Waals surface area contributed by atoms with Crippen molar-refractivity contribution in [2.75, 3.05) is 18.0 Å². The van der Waals surface area contributed by atoms with E-state index in [1.807, 2.05) is 12.1 Å². The molecule has 9 heteroatoms. The Kier molecular flexibility index (Phi) is 4.23. The van der Waals surface area contributed by atoms with E-state index in [4.69, 9.17) is 20.9 Å². The Labute approximate surface area is 124 Å². The lowest BCUT2D eigenvalue weighted by atomic mass is 10.3. The van der Waals surface area contributed by atoms with Gasteiger partial charge in [0.2, 0.25) is 0 Å². The normalized spacial score (nSPS) is 25.6. The summed E-state index contributed by atoms with van der Waals surface area (Å²) in [6.45, 7) is 2.04. The van der Waals surface area contributed by atoms with Crippen molar-refractivity contribution in [2.24, 2.45) is 17.6 Å². The Morgan fingerprint density at radius 1 is 1.41 bits per heavy atom. The largest absolute Gasteiger partial charge is 0.490 e. The molecule has 0 bridgehead atoms. The molecule has 2 fully saturated rings. The third kappa shape index (κ3) is 3.46. The summed E-state index contributed by atoms with van der Waals surface area (Å²) >= 11 is 0. The molecule has 0 radical (unpaired) electrons. The lowest BCUT2D eigenvalue weighted by Crippen LogP contribution is -2.28. The molecule has 0 unspecified atom stereocenters. The van der Waals surface area contributed by atoms with Crippen LogP contribution in [-0.2, 0) is 4.79 Å². The minimum Gasteiger partial charge on any atom is -0.475 e. The summed E-state index contributed by atoms with van der Waals surface area (Å²) in [5.74, 6) is -0.453. The molecule has 1 saturated carbocycles. The molecule has 2 heterocycles. The number of anilines is 1. The van der Waals surface area contributed by atoms with Gasteiger partial charge in [0.05, 0.1) is 5.56 Å². The minimum atomic E-state index is -5.08. The van der Waals surface area contributed by atoms with Crippen LogP contribution in [0.25, 0.3) is 0 Å². The Bertz CT molecular complexity index is 585. The van der Waals surface area contributed by atoms with E-state index in [0.29, 0.717) is 23.4 Å². The predicted octanol–water partition coefficient (Wildman–Crippen LogP) is 0.980. The fourth-order valence-electron chi connectivity index (χ4n) is 2.40. The highest BCUT2D eigenvalue weighted by molar-refractivity contribution is 5.73. The second-order valence-corrected chi connectivity index (χ2v) is 5.13. The summed E-state index contributed by atoms with van der Waals surface area (Å²) in [5, 5.41) is 15.8. The number of hydrogen-bond donors (Lipinski definition) is 2. The predicted molar refractivity (Wildman–Crippen MR) is 69.8 cm³/mol. The van der Waals surface area contributed by atoms with E-state index >= 15 is 0 Å². The van der Waals surface area contributed by atoms with Crippen LogP contribution in [0.3, 0.4) is 0 Å². The molecule has 1 aliphatic heterocycles. The van der Waals surface area contributed by atoms with Crippen molar-refractivity contribution in [3.63, 3.8) is 0 Å². The first-order valence-electron chi connectivity index (χ1n) is 6.41. The van der Waals surface area contributed by atoms with Crippen LogP contribution in [0, 0.1) is 23.2 Å². The first kappa shape index (κ1) is 16.0. The monoisotopic (exact) mass is 314 g/mol. The first-order valence-corrected chi connectivity index (χ1v) is 6.41. The van der Waals surface area contributed by atoms with Crippen molar-refractivity contribution in [1.29, 1.82) is 5.26 Å². The van der Waals surface area contributed by atoms with Crippen molar-refractivity contribution < 1.29 is 23.1 Å². The van der Waals surface area contributed by atoms with Gasteiger partial charge in [-0.1, -0.05) is 0 Å². The lowest BCUT2D eigenvalue weighted by Gasteiger charge is -2.19. The lowest BCUT2D eigenvalue weighted by molar-refractivity contribution is -0.192. The number of carboxylic acids is 1. The summed E-state index contributed by atoms with van der Waals surface area (Å²) < 4.78 is 31.7. The molecule has 1 aromatic rings. The molecule has 22 heavy (non-hydrogen) atoms. The van der Waals surface area contributed by atoms with E-state index in [-0.39, 0.29) is 0 Å². The highest BCUT2D eigenvalue weighted by Gasteiger charge is 2.53. The number of piperidine rings is 1. The van der Waals surface area contributed by atoms with Crippen molar-refractivity contribution in [1.82, 2.24) is 4.98 Å². The SMILES string of the molecule is N#Cc1ccc(N2C[C@@H]3[C@H](N)[C@@H]3C2)nc1.O=C(O)C(F)(F)F. The fourth-order valence-corrected chi connectivity index (χ4v) is 2.40. The van der Waals surface area contributed by atoms with Crippen LogP contribution in [0.2, 0.25) is 0 Å². The third-order valence-electron chi connectivity index (χ3n) is 3.70. The molecule has 6 nitrogen and oxygen atoms in total. The zero-order valence-electron chi connectivity index (χ0n) is 11.3. The van der Waals surface area contributed by atoms with Gasteiger partial charge in [-0.2, -0.15) is 18.4 Å². The van der Waals surface area contributed by atoms with E-state index in [0.717, 1.165) is 18.9 Å². The number of fused-ring (bicyclic) bond motifs is 1. The molecular weight excluding hydrogens is 301 g/mol. The maximum absolute atomic E-state index is 10.6. The minimum absolute atomic E-state index is 0.416. The summed E-state index contributed by atoms with van der Waals surface area (Å²) in [4.78, 5) is 15.4. The van der Waals surface area contributed by atoms with Crippen molar-refractivity contribution in [2.45, 2.75) is 12.2 Å². The van der Waals surface area contributed by atoms with Gasteiger partial charge in [-0.25, -0.2) is 9.78 Å². The Balaban J connectivity index is 0.000000217. The van der Waals surface area contributed by atoms with Gasteiger partial charge in [-0.05, 0) is 24.0 Å². The van der Waals surface area contributed by atoms with Gasteiger partial charge in [-0.15, -0.1) is 0 Å². The number of rotatable bonds is 1. The molecule has 1 aliphatic carbocycles. The van der Waals surface area contributed by atoms with Gasteiger partial charge in [0, 0.05) is 25.3 Å². The first-order chi connectivity index (χ1) is 10.2. The number of pyridine rings is 1. The molecule has 3 N–H and O–H groups in total. The number of nitrogens with zero attached hydrogens (tertiary/aromatic N) is 3. The fraction of sp³-hybridized carbons (Fsp3) is 0.462. The molecule has 3 atom stereocenters. The average Bonchev–Trinajstić information content (AvgIpc) is 2.90. The summed E-state index contributed by atoms with van der Waals surface area (Å²) in [6.07, 6.45) is -3.46. The molecule has 1 aromatic heterocycles. The number of halogens is 3. The van der Waals surface area contributed by atoms with Gasteiger partial charge < -0.3 is 15.7 Å². The van der Waals surface area contributed by atoms with Crippen LogP contribution in [0.5, 0.6) is 0 Å². The maximum atomic E-state index is 10.6. The highest BCUT2D eigenvalue weighted by Crippen LogP contribution is 2.44. The zero-order chi connectivity index (χ0) is 16.5. The second kappa shape index (κ2) is 5.81. The Hall–Kier alpha value is -2.34. The van der Waals surface area contributed by atoms with Crippen molar-refractivity contribution in [3.05, 3.63) is 23.9 Å². The van der Waals surface area contributed by atoms with Crippen LogP contribution in [0.1, 0.15) is 5.56 Å². The van der Waals surface area contributed by atoms with Crippen LogP contribution >= 0.6 is 0 Å². The number of carboxylic acid groups (broad SMARTS) is 1. The number of nitriles is 1. The molecule has 0 spiro atoms. The summed E-state index contributed by atoms with van der Waals surface area (Å²) in [6, 6.07) is 6.21. The number of hydrogen-bond acceptors (Lipinski definition) is 5. The van der Waals surface area contributed by atoms with E-state index in [1.54, 1.807) is 6.20 Å². The Morgan fingerprint density at radius 3 is 2.32 bits per heavy atom. The van der Waals surface area contributed by atoms with Gasteiger partial charge in [-0.3, -0.25) is 0 Å². The summed E-state index contributed by atoms with van der Waals surface area (Å²) in [7, 11) is 0. The molecule has 2 aliphatic rings. The van der Waals surface area contributed by atoms with E-state index in [2.05, 4.69) is 16.0 Å². The average molecular weight is 314 g/mol. The van der Waals surface area contributed by atoms with E-state index < -0.39 is 12.1 Å².